The molecule has 0 radical (unpaired) electrons. The molecule has 3 aliphatic carbocycles. The lowest BCUT2D eigenvalue weighted by atomic mass is 9.74. The van der Waals surface area contributed by atoms with Crippen LogP contribution in [0, 0.1) is 23.7 Å². The summed E-state index contributed by atoms with van der Waals surface area (Å²) in [5.74, 6) is 2.29. The van der Waals surface area contributed by atoms with Crippen LogP contribution in [0.2, 0.25) is 0 Å². The molecule has 0 unspecified atom stereocenters. The van der Waals surface area contributed by atoms with E-state index in [0.29, 0.717) is 24.5 Å². The van der Waals surface area contributed by atoms with E-state index in [-0.39, 0.29) is 22.3 Å². The van der Waals surface area contributed by atoms with Crippen LogP contribution < -0.4 is 0 Å². The quantitative estimate of drug-likeness (QED) is 0.706. The van der Waals surface area contributed by atoms with Crippen LogP contribution in [0.15, 0.2) is 0 Å². The second-order valence-corrected chi connectivity index (χ2v) is 11.8. The summed E-state index contributed by atoms with van der Waals surface area (Å²) in [7, 11) is -3.00. The normalized spacial score (nSPS) is 40.6. The molecule has 3 aliphatic rings. The van der Waals surface area contributed by atoms with E-state index in [2.05, 4.69) is 13.8 Å². The second kappa shape index (κ2) is 8.10. The molecule has 3 saturated carbocycles. The molecule has 0 aromatic carbocycles. The molecule has 0 heterocycles. The third kappa shape index (κ3) is 4.48. The monoisotopic (exact) mass is 368 g/mol. The molecule has 0 saturated heterocycles. The Morgan fingerprint density at radius 1 is 0.600 bits per heavy atom. The van der Waals surface area contributed by atoms with Gasteiger partial charge in [-0.25, -0.2) is 8.42 Å². The fourth-order valence-electron chi connectivity index (χ4n) is 5.38. The topological polar surface area (TPSA) is 51.2 Å². The van der Waals surface area contributed by atoms with Gasteiger partial charge in [0.15, 0.2) is 9.84 Å². The zero-order chi connectivity index (χ0) is 18.0. The molecule has 3 rings (SSSR count). The summed E-state index contributed by atoms with van der Waals surface area (Å²) < 4.78 is 26.0. The molecule has 0 aliphatic heterocycles. The highest BCUT2D eigenvalue weighted by Crippen LogP contribution is 2.38. The Labute approximate surface area is 154 Å². The smallest absolute Gasteiger partial charge is 0.156 e. The first-order chi connectivity index (χ1) is 11.9. The van der Waals surface area contributed by atoms with Crippen molar-refractivity contribution in [3.05, 3.63) is 0 Å². The predicted molar refractivity (Wildman–Crippen MR) is 102 cm³/mol. The SMILES string of the molecule is CC1CCC(C(=O)C2CCC(S(=O)(=O)C3CCC(C)CC3)CC2)CC1. The van der Waals surface area contributed by atoms with Gasteiger partial charge in [0.1, 0.15) is 5.78 Å². The molecule has 3 nitrogen and oxygen atoms in total. The molecule has 3 fully saturated rings. The maximum absolute atomic E-state index is 13.0. The van der Waals surface area contributed by atoms with Crippen LogP contribution in [0.3, 0.4) is 0 Å². The maximum atomic E-state index is 13.0. The van der Waals surface area contributed by atoms with Crippen molar-refractivity contribution in [2.45, 2.75) is 101 Å². The standard InChI is InChI=1S/C21H36O3S/c1-15-3-7-17(8-4-15)21(22)18-9-13-20(14-10-18)25(23,24)19-11-5-16(2)6-12-19/h15-20H,3-14H2,1-2H3. The van der Waals surface area contributed by atoms with Crippen molar-refractivity contribution < 1.29 is 13.2 Å². The van der Waals surface area contributed by atoms with Gasteiger partial charge in [0, 0.05) is 11.8 Å². The van der Waals surface area contributed by atoms with E-state index >= 15 is 0 Å². The van der Waals surface area contributed by atoms with Crippen LogP contribution in [-0.4, -0.2) is 24.7 Å². The fraction of sp³-hybridized carbons (Fsp3) is 0.952. The molecule has 0 bridgehead atoms. The zero-order valence-electron chi connectivity index (χ0n) is 16.1. The van der Waals surface area contributed by atoms with Crippen LogP contribution in [0.4, 0.5) is 0 Å². The van der Waals surface area contributed by atoms with E-state index in [0.717, 1.165) is 57.3 Å². The lowest BCUT2D eigenvalue weighted by Gasteiger charge is -2.34. The van der Waals surface area contributed by atoms with Crippen LogP contribution >= 0.6 is 0 Å². The van der Waals surface area contributed by atoms with Gasteiger partial charge in [-0.1, -0.05) is 26.7 Å². The van der Waals surface area contributed by atoms with Crippen molar-refractivity contribution in [3.8, 4) is 0 Å². The van der Waals surface area contributed by atoms with Gasteiger partial charge in [-0.2, -0.15) is 0 Å². The summed E-state index contributed by atoms with van der Waals surface area (Å²) in [6.07, 6.45) is 11.3. The Hall–Kier alpha value is -0.380. The first-order valence-corrected chi connectivity index (χ1v) is 12.2. The van der Waals surface area contributed by atoms with Gasteiger partial charge < -0.3 is 0 Å². The van der Waals surface area contributed by atoms with Gasteiger partial charge in [0.25, 0.3) is 0 Å². The van der Waals surface area contributed by atoms with Crippen LogP contribution in [0.5, 0.6) is 0 Å². The van der Waals surface area contributed by atoms with Crippen molar-refractivity contribution in [2.75, 3.05) is 0 Å². The molecule has 4 heteroatoms. The summed E-state index contributed by atoms with van der Waals surface area (Å²) in [5, 5.41) is -0.290. The van der Waals surface area contributed by atoms with Gasteiger partial charge in [-0.05, 0) is 76.0 Å². The Morgan fingerprint density at radius 2 is 0.920 bits per heavy atom. The van der Waals surface area contributed by atoms with Gasteiger partial charge in [0.05, 0.1) is 10.5 Å². The fourth-order valence-corrected chi connectivity index (χ4v) is 7.79. The highest BCUT2D eigenvalue weighted by Gasteiger charge is 2.40. The molecule has 0 aromatic rings. The minimum atomic E-state index is -3.00. The first-order valence-electron chi connectivity index (χ1n) is 10.6. The lowest BCUT2D eigenvalue weighted by molar-refractivity contribution is -0.128. The maximum Gasteiger partial charge on any atom is 0.156 e. The lowest BCUT2D eigenvalue weighted by Crippen LogP contribution is -2.38. The molecular weight excluding hydrogens is 332 g/mol. The van der Waals surface area contributed by atoms with Gasteiger partial charge in [-0.15, -0.1) is 0 Å². The third-order valence-electron chi connectivity index (χ3n) is 7.39. The van der Waals surface area contributed by atoms with Crippen LogP contribution in [0.25, 0.3) is 0 Å². The summed E-state index contributed by atoms with van der Waals surface area (Å²) in [5.41, 5.74) is 0. The number of sulfone groups is 1. The number of carbonyl (C=O) groups excluding carboxylic acids is 1. The first kappa shape index (κ1) is 19.4. The minimum Gasteiger partial charge on any atom is -0.299 e. The number of hydrogen-bond acceptors (Lipinski definition) is 3. The van der Waals surface area contributed by atoms with Gasteiger partial charge in [0.2, 0.25) is 0 Å². The average Bonchev–Trinajstić information content (AvgIpc) is 2.62. The molecule has 0 spiro atoms. The number of Topliss-reactive ketones (excluding diaryl/α,β-unsaturated/α-hetero) is 1. The summed E-state index contributed by atoms with van der Waals surface area (Å²) >= 11 is 0. The third-order valence-corrected chi connectivity index (χ3v) is 10.2. The molecule has 0 N–H and O–H groups in total. The average molecular weight is 369 g/mol. The van der Waals surface area contributed by atoms with Crippen LogP contribution in [-0.2, 0) is 14.6 Å². The van der Waals surface area contributed by atoms with Crippen molar-refractivity contribution in [2.24, 2.45) is 23.7 Å². The van der Waals surface area contributed by atoms with Crippen molar-refractivity contribution >= 4 is 15.6 Å². The highest BCUT2D eigenvalue weighted by atomic mass is 32.2. The predicted octanol–water partition coefficient (Wildman–Crippen LogP) is 4.93. The van der Waals surface area contributed by atoms with Gasteiger partial charge >= 0.3 is 0 Å². The molecule has 0 amide bonds. The molecule has 25 heavy (non-hydrogen) atoms. The Balaban J connectivity index is 1.52. The van der Waals surface area contributed by atoms with E-state index in [1.165, 1.54) is 12.8 Å². The highest BCUT2D eigenvalue weighted by molar-refractivity contribution is 7.92. The van der Waals surface area contributed by atoms with E-state index in [1.54, 1.807) is 0 Å². The Kier molecular flexibility index (Phi) is 6.28. The van der Waals surface area contributed by atoms with E-state index in [4.69, 9.17) is 0 Å². The molecular formula is C21H36O3S. The second-order valence-electron chi connectivity index (χ2n) is 9.30. The summed E-state index contributed by atoms with van der Waals surface area (Å²) in [6, 6.07) is 0. The molecule has 0 atom stereocenters. The number of ketones is 1. The van der Waals surface area contributed by atoms with Crippen LogP contribution in [0.1, 0.15) is 90.9 Å². The zero-order valence-corrected chi connectivity index (χ0v) is 16.9. The minimum absolute atomic E-state index is 0.110. The molecule has 0 aromatic heterocycles. The van der Waals surface area contributed by atoms with E-state index in [1.807, 2.05) is 0 Å². The summed E-state index contributed by atoms with van der Waals surface area (Å²) in [6.45, 7) is 4.51. The summed E-state index contributed by atoms with van der Waals surface area (Å²) in [4.78, 5) is 12.8. The number of carbonyl (C=O) groups is 1. The van der Waals surface area contributed by atoms with Crippen molar-refractivity contribution in [1.29, 1.82) is 0 Å². The number of rotatable bonds is 4. The largest absolute Gasteiger partial charge is 0.299 e. The molecule has 144 valence electrons. The number of hydrogen-bond donors (Lipinski definition) is 0. The van der Waals surface area contributed by atoms with E-state index in [9.17, 15) is 13.2 Å². The van der Waals surface area contributed by atoms with Gasteiger partial charge in [-0.3, -0.25) is 4.79 Å². The van der Waals surface area contributed by atoms with Crippen molar-refractivity contribution in [1.82, 2.24) is 0 Å². The Bertz CT molecular complexity index is 544. The van der Waals surface area contributed by atoms with E-state index < -0.39 is 9.84 Å². The Morgan fingerprint density at radius 3 is 1.36 bits per heavy atom. The van der Waals surface area contributed by atoms with Crippen molar-refractivity contribution in [3.63, 3.8) is 0 Å².